The molecule has 25 heavy (non-hydrogen) atoms. The third-order valence-electron chi connectivity index (χ3n) is 4.05. The Morgan fingerprint density at radius 2 is 1.92 bits per heavy atom. The first-order chi connectivity index (χ1) is 12.0. The lowest BCUT2D eigenvalue weighted by atomic mass is 10.0. The van der Waals surface area contributed by atoms with Crippen LogP contribution >= 0.6 is 0 Å². The SMILES string of the molecule is COc1ccccc1C(=O)NCc1cc(=O)oc2c(C)cc(C)cc12. The molecule has 0 fully saturated rings. The Bertz CT molecular complexity index is 1000. The summed E-state index contributed by atoms with van der Waals surface area (Å²) in [6.45, 7) is 4.10. The highest BCUT2D eigenvalue weighted by atomic mass is 16.5. The predicted octanol–water partition coefficient (Wildman–Crippen LogP) is 3.35. The molecule has 0 aliphatic carbocycles. The van der Waals surface area contributed by atoms with Gasteiger partial charge in [-0.15, -0.1) is 0 Å². The summed E-state index contributed by atoms with van der Waals surface area (Å²) in [6, 6.07) is 12.3. The number of nitrogens with one attached hydrogen (secondary N) is 1. The van der Waals surface area contributed by atoms with Crippen LogP contribution in [-0.2, 0) is 6.54 Å². The normalized spacial score (nSPS) is 10.7. The molecule has 0 radical (unpaired) electrons. The van der Waals surface area contributed by atoms with Crippen LogP contribution < -0.4 is 15.7 Å². The summed E-state index contributed by atoms with van der Waals surface area (Å²) >= 11 is 0. The van der Waals surface area contributed by atoms with Gasteiger partial charge in [-0.2, -0.15) is 0 Å². The van der Waals surface area contributed by atoms with Crippen LogP contribution in [0.1, 0.15) is 27.0 Å². The molecular weight excluding hydrogens is 318 g/mol. The molecule has 2 aromatic carbocycles. The Balaban J connectivity index is 1.93. The number of para-hydroxylation sites is 1. The van der Waals surface area contributed by atoms with Gasteiger partial charge in [0.1, 0.15) is 11.3 Å². The van der Waals surface area contributed by atoms with Gasteiger partial charge >= 0.3 is 5.63 Å². The van der Waals surface area contributed by atoms with Gasteiger partial charge in [-0.05, 0) is 48.7 Å². The van der Waals surface area contributed by atoms with E-state index in [0.717, 1.165) is 22.1 Å². The number of fused-ring (bicyclic) bond motifs is 1. The number of ether oxygens (including phenoxy) is 1. The van der Waals surface area contributed by atoms with Crippen LogP contribution in [0.15, 0.2) is 51.7 Å². The van der Waals surface area contributed by atoms with Crippen molar-refractivity contribution >= 4 is 16.9 Å². The fourth-order valence-electron chi connectivity index (χ4n) is 2.93. The van der Waals surface area contributed by atoms with E-state index in [1.54, 1.807) is 24.3 Å². The second kappa shape index (κ2) is 6.81. The molecule has 0 bridgehead atoms. The molecule has 128 valence electrons. The van der Waals surface area contributed by atoms with E-state index in [-0.39, 0.29) is 12.5 Å². The molecule has 0 unspecified atom stereocenters. The molecule has 1 heterocycles. The zero-order valence-electron chi connectivity index (χ0n) is 14.4. The van der Waals surface area contributed by atoms with Crippen LogP contribution in [0.5, 0.6) is 5.75 Å². The van der Waals surface area contributed by atoms with E-state index in [0.29, 0.717) is 16.9 Å². The smallest absolute Gasteiger partial charge is 0.336 e. The summed E-state index contributed by atoms with van der Waals surface area (Å²) in [7, 11) is 1.52. The van der Waals surface area contributed by atoms with Gasteiger partial charge < -0.3 is 14.5 Å². The quantitative estimate of drug-likeness (QED) is 0.741. The number of rotatable bonds is 4. The first-order valence-corrected chi connectivity index (χ1v) is 7.95. The fraction of sp³-hybridized carbons (Fsp3) is 0.200. The van der Waals surface area contributed by atoms with E-state index in [1.165, 1.54) is 13.2 Å². The Morgan fingerprint density at radius 1 is 1.16 bits per heavy atom. The Morgan fingerprint density at radius 3 is 2.68 bits per heavy atom. The van der Waals surface area contributed by atoms with Crippen LogP contribution in [0.3, 0.4) is 0 Å². The van der Waals surface area contributed by atoms with E-state index >= 15 is 0 Å². The van der Waals surface area contributed by atoms with E-state index in [9.17, 15) is 9.59 Å². The molecule has 5 heteroatoms. The number of hydrogen-bond acceptors (Lipinski definition) is 4. The lowest BCUT2D eigenvalue weighted by molar-refractivity contribution is 0.0948. The second-order valence-electron chi connectivity index (χ2n) is 5.93. The maximum Gasteiger partial charge on any atom is 0.336 e. The van der Waals surface area contributed by atoms with Crippen LogP contribution in [0.4, 0.5) is 0 Å². The molecule has 0 atom stereocenters. The van der Waals surface area contributed by atoms with Crippen molar-refractivity contribution in [1.82, 2.24) is 5.32 Å². The van der Waals surface area contributed by atoms with E-state index in [2.05, 4.69) is 5.32 Å². The number of carbonyl (C=O) groups excluding carboxylic acids is 1. The molecule has 0 spiro atoms. The second-order valence-corrected chi connectivity index (χ2v) is 5.93. The number of methoxy groups -OCH3 is 1. The highest BCUT2D eigenvalue weighted by Crippen LogP contribution is 2.23. The average Bonchev–Trinajstić information content (AvgIpc) is 2.60. The molecule has 5 nitrogen and oxygen atoms in total. The maximum atomic E-state index is 12.5. The Kier molecular flexibility index (Phi) is 4.57. The van der Waals surface area contributed by atoms with Crippen LogP contribution in [0.2, 0.25) is 0 Å². The van der Waals surface area contributed by atoms with Crippen molar-refractivity contribution in [2.24, 2.45) is 0 Å². The van der Waals surface area contributed by atoms with Crippen molar-refractivity contribution in [2.45, 2.75) is 20.4 Å². The average molecular weight is 337 g/mol. The topological polar surface area (TPSA) is 68.5 Å². The Hall–Kier alpha value is -3.08. The minimum Gasteiger partial charge on any atom is -0.496 e. The van der Waals surface area contributed by atoms with Gasteiger partial charge in [0.2, 0.25) is 0 Å². The largest absolute Gasteiger partial charge is 0.496 e. The third-order valence-corrected chi connectivity index (χ3v) is 4.05. The molecule has 1 N–H and O–H groups in total. The Labute approximate surface area is 145 Å². The number of benzene rings is 2. The standard InChI is InChI=1S/C20H19NO4/c1-12-8-13(2)19-16(9-12)14(10-18(22)25-19)11-21-20(23)15-6-4-5-7-17(15)24-3/h4-10H,11H2,1-3H3,(H,21,23). The summed E-state index contributed by atoms with van der Waals surface area (Å²) in [6.07, 6.45) is 0. The minimum atomic E-state index is -0.430. The zero-order chi connectivity index (χ0) is 18.0. The summed E-state index contributed by atoms with van der Waals surface area (Å²) in [5, 5.41) is 3.68. The number of aryl methyl sites for hydroxylation is 2. The molecule has 1 amide bonds. The van der Waals surface area contributed by atoms with Crippen LogP contribution in [-0.4, -0.2) is 13.0 Å². The molecule has 0 aliphatic heterocycles. The fourth-order valence-corrected chi connectivity index (χ4v) is 2.93. The monoisotopic (exact) mass is 337 g/mol. The van der Waals surface area contributed by atoms with Crippen molar-refractivity contribution in [3.63, 3.8) is 0 Å². The van der Waals surface area contributed by atoms with E-state index < -0.39 is 5.63 Å². The third kappa shape index (κ3) is 3.40. The van der Waals surface area contributed by atoms with Crippen molar-refractivity contribution < 1.29 is 13.9 Å². The maximum absolute atomic E-state index is 12.5. The van der Waals surface area contributed by atoms with E-state index in [1.807, 2.05) is 26.0 Å². The summed E-state index contributed by atoms with van der Waals surface area (Å²) in [5.74, 6) is 0.243. The lowest BCUT2D eigenvalue weighted by Gasteiger charge is -2.11. The van der Waals surface area contributed by atoms with E-state index in [4.69, 9.17) is 9.15 Å². The highest BCUT2D eigenvalue weighted by Gasteiger charge is 2.13. The van der Waals surface area contributed by atoms with Gasteiger partial charge in [0.15, 0.2) is 0 Å². The first kappa shape index (κ1) is 16.8. The highest BCUT2D eigenvalue weighted by molar-refractivity contribution is 5.97. The summed E-state index contributed by atoms with van der Waals surface area (Å²) < 4.78 is 10.5. The zero-order valence-corrected chi connectivity index (χ0v) is 14.4. The molecule has 3 aromatic rings. The molecule has 0 saturated carbocycles. The van der Waals surface area contributed by atoms with Gasteiger partial charge in [-0.25, -0.2) is 4.79 Å². The summed E-state index contributed by atoms with van der Waals surface area (Å²) in [5.41, 5.74) is 3.26. The van der Waals surface area contributed by atoms with Crippen molar-refractivity contribution in [1.29, 1.82) is 0 Å². The number of hydrogen-bond donors (Lipinski definition) is 1. The minimum absolute atomic E-state index is 0.224. The van der Waals surface area contributed by atoms with Gasteiger partial charge in [0.05, 0.1) is 12.7 Å². The van der Waals surface area contributed by atoms with Crippen molar-refractivity contribution in [3.05, 3.63) is 75.1 Å². The van der Waals surface area contributed by atoms with Gasteiger partial charge in [0, 0.05) is 18.0 Å². The predicted molar refractivity (Wildman–Crippen MR) is 96.1 cm³/mol. The lowest BCUT2D eigenvalue weighted by Crippen LogP contribution is -2.24. The molecular formula is C20H19NO4. The van der Waals surface area contributed by atoms with Crippen molar-refractivity contribution in [2.75, 3.05) is 7.11 Å². The van der Waals surface area contributed by atoms with Crippen molar-refractivity contribution in [3.8, 4) is 5.75 Å². The van der Waals surface area contributed by atoms with Gasteiger partial charge in [0.25, 0.3) is 5.91 Å². The summed E-state index contributed by atoms with van der Waals surface area (Å²) in [4.78, 5) is 24.3. The molecule has 0 aliphatic rings. The van der Waals surface area contributed by atoms with Crippen LogP contribution in [0, 0.1) is 13.8 Å². The molecule has 1 aromatic heterocycles. The van der Waals surface area contributed by atoms with Crippen LogP contribution in [0.25, 0.3) is 11.0 Å². The van der Waals surface area contributed by atoms with Gasteiger partial charge in [-0.3, -0.25) is 4.79 Å². The first-order valence-electron chi connectivity index (χ1n) is 7.95. The number of carbonyl (C=O) groups is 1. The molecule has 0 saturated heterocycles. The number of amides is 1. The molecule has 3 rings (SSSR count). The van der Waals surface area contributed by atoms with Gasteiger partial charge in [-0.1, -0.05) is 18.2 Å².